The number of Topliss-reactive ketones (excluding diaryl/α,β-unsaturated/α-hetero) is 1. The highest BCUT2D eigenvalue weighted by Crippen LogP contribution is 2.31. The van der Waals surface area contributed by atoms with Crippen molar-refractivity contribution in [3.63, 3.8) is 0 Å². The SMILES string of the molecule is CCCCCC/C=C/[C@H]1C=C(Cl)C(=O)/C1=C\CCCCCC(=O)OC. The number of unbranched alkanes of at least 4 members (excludes halogenated alkanes) is 7. The number of ether oxygens (including phenoxy) is 1. The largest absolute Gasteiger partial charge is 0.469 e. The first-order valence-corrected chi connectivity index (χ1v) is 9.83. The van der Waals surface area contributed by atoms with Gasteiger partial charge in [-0.2, -0.15) is 0 Å². The van der Waals surface area contributed by atoms with Crippen LogP contribution < -0.4 is 0 Å². The fourth-order valence-corrected chi connectivity index (χ4v) is 3.13. The molecule has 0 bridgehead atoms. The maximum absolute atomic E-state index is 12.2. The maximum atomic E-state index is 12.2. The molecule has 0 aromatic rings. The zero-order valence-corrected chi connectivity index (χ0v) is 16.3. The molecule has 25 heavy (non-hydrogen) atoms. The van der Waals surface area contributed by atoms with Gasteiger partial charge in [-0.1, -0.05) is 68.5 Å². The number of methoxy groups -OCH3 is 1. The summed E-state index contributed by atoms with van der Waals surface area (Å²) >= 11 is 6.03. The minimum absolute atomic E-state index is 0.0150. The van der Waals surface area contributed by atoms with E-state index in [0.717, 1.165) is 37.7 Å². The fraction of sp³-hybridized carbons (Fsp3) is 0.619. The number of carbonyl (C=O) groups excluding carboxylic acids is 2. The molecule has 0 heterocycles. The van der Waals surface area contributed by atoms with E-state index < -0.39 is 0 Å². The number of hydrogen-bond donors (Lipinski definition) is 0. The number of carbonyl (C=O) groups is 2. The van der Waals surface area contributed by atoms with Gasteiger partial charge in [-0.3, -0.25) is 9.59 Å². The Kier molecular flexibility index (Phi) is 11.2. The quantitative estimate of drug-likeness (QED) is 0.187. The van der Waals surface area contributed by atoms with Crippen LogP contribution in [-0.4, -0.2) is 18.9 Å². The van der Waals surface area contributed by atoms with E-state index in [1.807, 2.05) is 12.2 Å². The second-order valence-electron chi connectivity index (χ2n) is 6.48. The lowest BCUT2D eigenvalue weighted by molar-refractivity contribution is -0.140. The van der Waals surface area contributed by atoms with Crippen molar-refractivity contribution in [3.8, 4) is 0 Å². The summed E-state index contributed by atoms with van der Waals surface area (Å²) in [5.74, 6) is -0.192. The van der Waals surface area contributed by atoms with Gasteiger partial charge in [0.25, 0.3) is 0 Å². The number of rotatable bonds is 12. The van der Waals surface area contributed by atoms with Gasteiger partial charge in [-0.15, -0.1) is 0 Å². The average Bonchev–Trinajstić information content (AvgIpc) is 2.88. The smallest absolute Gasteiger partial charge is 0.305 e. The van der Waals surface area contributed by atoms with Gasteiger partial charge in [0, 0.05) is 17.9 Å². The highest BCUT2D eigenvalue weighted by atomic mass is 35.5. The van der Waals surface area contributed by atoms with Crippen LogP contribution in [0.2, 0.25) is 0 Å². The molecule has 0 saturated heterocycles. The van der Waals surface area contributed by atoms with Gasteiger partial charge in [0.1, 0.15) is 0 Å². The summed E-state index contributed by atoms with van der Waals surface area (Å²) in [7, 11) is 1.41. The third-order valence-electron chi connectivity index (χ3n) is 4.41. The van der Waals surface area contributed by atoms with Crippen molar-refractivity contribution in [1.82, 2.24) is 0 Å². The second-order valence-corrected chi connectivity index (χ2v) is 6.89. The third-order valence-corrected chi connectivity index (χ3v) is 4.71. The van der Waals surface area contributed by atoms with Crippen molar-refractivity contribution >= 4 is 23.4 Å². The van der Waals surface area contributed by atoms with Crippen molar-refractivity contribution in [2.45, 2.75) is 71.1 Å². The van der Waals surface area contributed by atoms with E-state index in [0.29, 0.717) is 11.5 Å². The predicted octanol–water partition coefficient (Wildman–Crippen LogP) is 5.88. The molecule has 0 spiro atoms. The van der Waals surface area contributed by atoms with E-state index in [-0.39, 0.29) is 17.7 Å². The number of halogens is 1. The van der Waals surface area contributed by atoms with Gasteiger partial charge in [0.2, 0.25) is 5.78 Å². The molecular formula is C21H31ClO3. The van der Waals surface area contributed by atoms with Crippen LogP contribution in [0.1, 0.15) is 71.1 Å². The standard InChI is InChI=1S/C21H31ClO3/c1-3-4-5-6-7-10-13-17-16-19(22)21(24)18(17)14-11-8-9-12-15-20(23)25-2/h10,13-14,16-17H,3-9,11-12,15H2,1-2H3/b13-10+,18-14-/t17-/m0/s1. The molecule has 0 aliphatic heterocycles. The molecule has 0 fully saturated rings. The summed E-state index contributed by atoms with van der Waals surface area (Å²) in [5.41, 5.74) is 0.794. The van der Waals surface area contributed by atoms with Gasteiger partial charge < -0.3 is 4.74 Å². The van der Waals surface area contributed by atoms with E-state index in [1.165, 1.54) is 32.8 Å². The summed E-state index contributed by atoms with van der Waals surface area (Å²) in [4.78, 5) is 23.2. The minimum atomic E-state index is -0.163. The van der Waals surface area contributed by atoms with Crippen LogP contribution in [0.25, 0.3) is 0 Å². The molecule has 0 aromatic heterocycles. The molecule has 0 N–H and O–H groups in total. The Morgan fingerprint density at radius 3 is 2.60 bits per heavy atom. The van der Waals surface area contributed by atoms with Crippen molar-refractivity contribution in [1.29, 1.82) is 0 Å². The fourth-order valence-electron chi connectivity index (χ4n) is 2.88. The summed E-state index contributed by atoms with van der Waals surface area (Å²) < 4.78 is 4.62. The number of allylic oxidation sites excluding steroid dienone is 6. The van der Waals surface area contributed by atoms with E-state index >= 15 is 0 Å². The van der Waals surface area contributed by atoms with Gasteiger partial charge in [-0.25, -0.2) is 0 Å². The molecule has 3 nitrogen and oxygen atoms in total. The molecule has 1 atom stereocenters. The Morgan fingerprint density at radius 2 is 1.88 bits per heavy atom. The van der Waals surface area contributed by atoms with Crippen molar-refractivity contribution in [2.75, 3.05) is 7.11 Å². The van der Waals surface area contributed by atoms with Crippen molar-refractivity contribution < 1.29 is 14.3 Å². The Balaban J connectivity index is 2.39. The van der Waals surface area contributed by atoms with E-state index in [2.05, 4.69) is 23.8 Å². The van der Waals surface area contributed by atoms with Gasteiger partial charge in [-0.05, 0) is 32.1 Å². The zero-order chi connectivity index (χ0) is 18.5. The van der Waals surface area contributed by atoms with Crippen LogP contribution in [0.4, 0.5) is 0 Å². The summed E-state index contributed by atoms with van der Waals surface area (Å²) in [5, 5.41) is 0.331. The average molecular weight is 367 g/mol. The van der Waals surface area contributed by atoms with Gasteiger partial charge >= 0.3 is 5.97 Å². The second kappa shape index (κ2) is 12.9. The predicted molar refractivity (Wildman–Crippen MR) is 104 cm³/mol. The van der Waals surface area contributed by atoms with Crippen LogP contribution in [0.3, 0.4) is 0 Å². The first-order valence-electron chi connectivity index (χ1n) is 9.45. The van der Waals surface area contributed by atoms with Crippen molar-refractivity contribution in [2.24, 2.45) is 5.92 Å². The van der Waals surface area contributed by atoms with Crippen LogP contribution >= 0.6 is 11.6 Å². The molecule has 4 heteroatoms. The van der Waals surface area contributed by atoms with E-state index in [4.69, 9.17) is 11.6 Å². The highest BCUT2D eigenvalue weighted by molar-refractivity contribution is 6.46. The van der Waals surface area contributed by atoms with Crippen LogP contribution in [-0.2, 0) is 14.3 Å². The van der Waals surface area contributed by atoms with Crippen LogP contribution in [0.15, 0.2) is 34.9 Å². The molecule has 0 amide bonds. The monoisotopic (exact) mass is 366 g/mol. The number of ketones is 1. The Hall–Kier alpha value is -1.35. The zero-order valence-electron chi connectivity index (χ0n) is 15.6. The van der Waals surface area contributed by atoms with E-state index in [1.54, 1.807) is 0 Å². The van der Waals surface area contributed by atoms with E-state index in [9.17, 15) is 9.59 Å². The third kappa shape index (κ3) is 8.53. The summed E-state index contributed by atoms with van der Waals surface area (Å²) in [6.45, 7) is 2.21. The normalized spacial score (nSPS) is 19.0. The number of esters is 1. The molecule has 0 saturated carbocycles. The first-order chi connectivity index (χ1) is 12.1. The molecule has 1 rings (SSSR count). The lowest BCUT2D eigenvalue weighted by atomic mass is 9.98. The molecular weight excluding hydrogens is 336 g/mol. The topological polar surface area (TPSA) is 43.4 Å². The molecule has 1 aliphatic rings. The molecule has 140 valence electrons. The molecule has 0 unspecified atom stereocenters. The molecule has 0 aromatic carbocycles. The summed E-state index contributed by atoms with van der Waals surface area (Å²) in [6, 6.07) is 0. The molecule has 0 radical (unpaired) electrons. The van der Waals surface area contributed by atoms with Crippen LogP contribution in [0.5, 0.6) is 0 Å². The summed E-state index contributed by atoms with van der Waals surface area (Å²) in [6.07, 6.45) is 18.2. The first kappa shape index (κ1) is 21.7. The van der Waals surface area contributed by atoms with Crippen molar-refractivity contribution in [3.05, 3.63) is 34.9 Å². The minimum Gasteiger partial charge on any atom is -0.469 e. The Bertz CT molecular complexity index is 517. The van der Waals surface area contributed by atoms with Gasteiger partial charge in [0.05, 0.1) is 12.1 Å². The lowest BCUT2D eigenvalue weighted by Gasteiger charge is -2.05. The Labute approximate surface area is 157 Å². The molecule has 1 aliphatic carbocycles. The van der Waals surface area contributed by atoms with Gasteiger partial charge in [0.15, 0.2) is 0 Å². The van der Waals surface area contributed by atoms with Crippen LogP contribution in [0, 0.1) is 5.92 Å². The lowest BCUT2D eigenvalue weighted by Crippen LogP contribution is -2.02. The highest BCUT2D eigenvalue weighted by Gasteiger charge is 2.26. The number of hydrogen-bond acceptors (Lipinski definition) is 3. The maximum Gasteiger partial charge on any atom is 0.305 e. The Morgan fingerprint density at radius 1 is 1.16 bits per heavy atom.